The number of anilines is 1. The van der Waals surface area contributed by atoms with Crippen molar-refractivity contribution in [3.05, 3.63) is 41.4 Å². The van der Waals surface area contributed by atoms with Gasteiger partial charge >= 0.3 is 0 Å². The monoisotopic (exact) mass is 330 g/mol. The molecule has 2 aromatic rings. The third kappa shape index (κ3) is 3.94. The summed E-state index contributed by atoms with van der Waals surface area (Å²) in [5, 5.41) is 0.124. The summed E-state index contributed by atoms with van der Waals surface area (Å²) in [4.78, 5) is 3.81. The quantitative estimate of drug-likeness (QED) is 0.547. The van der Waals surface area contributed by atoms with Gasteiger partial charge < -0.3 is 9.84 Å². The third-order valence-electron chi connectivity index (χ3n) is 2.71. The smallest absolute Gasteiger partial charge is 0.242 e. The van der Waals surface area contributed by atoms with Gasteiger partial charge in [-0.1, -0.05) is 11.6 Å². The van der Waals surface area contributed by atoms with Gasteiger partial charge in [-0.15, -0.1) is 0 Å². The van der Waals surface area contributed by atoms with Crippen LogP contribution in [0.2, 0.25) is 5.02 Å². The molecule has 1 unspecified atom stereocenters. The molecule has 0 fully saturated rings. The fourth-order valence-corrected chi connectivity index (χ4v) is 3.28. The van der Waals surface area contributed by atoms with Crippen molar-refractivity contribution in [2.75, 3.05) is 5.43 Å². The van der Waals surface area contributed by atoms with E-state index in [2.05, 4.69) is 15.1 Å². The maximum Gasteiger partial charge on any atom is 0.242 e. The van der Waals surface area contributed by atoms with Crippen LogP contribution in [0.4, 0.5) is 5.82 Å². The lowest BCUT2D eigenvalue weighted by molar-refractivity contribution is 0.479. The van der Waals surface area contributed by atoms with Gasteiger partial charge in [0.25, 0.3) is 0 Å². The summed E-state index contributed by atoms with van der Waals surface area (Å²) in [5.41, 5.74) is 2.27. The Morgan fingerprint density at radius 3 is 2.86 bits per heavy atom. The number of halogens is 1. The lowest BCUT2D eigenvalue weighted by Gasteiger charge is -2.13. The van der Waals surface area contributed by atoms with Crippen molar-refractivity contribution in [2.45, 2.75) is 24.3 Å². The van der Waals surface area contributed by atoms with Crippen molar-refractivity contribution >= 4 is 27.4 Å². The Kier molecular flexibility index (Phi) is 4.84. The molecule has 0 radical (unpaired) electrons. The normalized spacial score (nSPS) is 13.1. The van der Waals surface area contributed by atoms with Crippen molar-refractivity contribution in [3.63, 3.8) is 0 Å². The van der Waals surface area contributed by atoms with Crippen LogP contribution in [0.3, 0.4) is 0 Å². The molecular weight excluding hydrogens is 316 g/mol. The van der Waals surface area contributed by atoms with E-state index >= 15 is 0 Å². The number of hydrogen-bond acceptors (Lipinski definition) is 6. The Balaban J connectivity index is 2.12. The van der Waals surface area contributed by atoms with Crippen molar-refractivity contribution in [1.29, 1.82) is 0 Å². The molecule has 0 aliphatic carbocycles. The molecule has 1 atom stereocenters. The maximum atomic E-state index is 12.2. The van der Waals surface area contributed by atoms with Crippen molar-refractivity contribution in [3.8, 4) is 0 Å². The Morgan fingerprint density at radius 2 is 2.29 bits per heavy atom. The number of pyridine rings is 1. The van der Waals surface area contributed by atoms with E-state index in [1.807, 2.05) is 0 Å². The zero-order valence-electron chi connectivity index (χ0n) is 11.2. The van der Waals surface area contributed by atoms with Crippen LogP contribution in [0.15, 0.2) is 40.0 Å². The number of hydrazine groups is 1. The van der Waals surface area contributed by atoms with Crippen LogP contribution in [-0.4, -0.2) is 19.4 Å². The summed E-state index contributed by atoms with van der Waals surface area (Å²) >= 11 is 5.88. The zero-order chi connectivity index (χ0) is 15.5. The van der Waals surface area contributed by atoms with E-state index in [4.69, 9.17) is 21.9 Å². The van der Waals surface area contributed by atoms with E-state index in [0.29, 0.717) is 12.2 Å². The maximum absolute atomic E-state index is 12.2. The molecule has 4 N–H and O–H groups in total. The molecule has 0 bridgehead atoms. The second-order valence-corrected chi connectivity index (χ2v) is 6.57. The average molecular weight is 331 g/mol. The fourth-order valence-electron chi connectivity index (χ4n) is 1.78. The fraction of sp³-hybridized carbons (Fsp3) is 0.250. The highest BCUT2D eigenvalue weighted by Gasteiger charge is 2.20. The second-order valence-electron chi connectivity index (χ2n) is 4.45. The van der Waals surface area contributed by atoms with Crippen LogP contribution in [-0.2, 0) is 16.4 Å². The molecule has 114 valence electrons. The molecule has 0 saturated heterocycles. The minimum Gasteiger partial charge on any atom is -0.469 e. The predicted octanol–water partition coefficient (Wildman–Crippen LogP) is 1.52. The van der Waals surface area contributed by atoms with Gasteiger partial charge in [-0.05, 0) is 25.1 Å². The zero-order valence-corrected chi connectivity index (χ0v) is 12.8. The van der Waals surface area contributed by atoms with Crippen LogP contribution in [0.5, 0.6) is 0 Å². The molecule has 0 aromatic carbocycles. The van der Waals surface area contributed by atoms with E-state index in [9.17, 15) is 8.42 Å². The number of nitrogen functional groups attached to an aromatic ring is 1. The molecule has 7 nitrogen and oxygen atoms in total. The van der Waals surface area contributed by atoms with Crippen LogP contribution >= 0.6 is 11.6 Å². The minimum atomic E-state index is -3.72. The summed E-state index contributed by atoms with van der Waals surface area (Å²) in [6.45, 7) is 1.74. The Morgan fingerprint density at radius 1 is 1.52 bits per heavy atom. The molecule has 0 amide bonds. The summed E-state index contributed by atoms with van der Waals surface area (Å²) in [6.07, 6.45) is 3.16. The lowest BCUT2D eigenvalue weighted by Crippen LogP contribution is -2.34. The van der Waals surface area contributed by atoms with E-state index < -0.39 is 10.0 Å². The summed E-state index contributed by atoms with van der Waals surface area (Å²) < 4.78 is 32.2. The molecule has 2 rings (SSSR count). The van der Waals surface area contributed by atoms with Gasteiger partial charge in [-0.2, -0.15) is 0 Å². The molecule has 21 heavy (non-hydrogen) atoms. The molecule has 0 spiro atoms. The summed E-state index contributed by atoms with van der Waals surface area (Å²) in [5.74, 6) is 6.10. The number of nitrogens with two attached hydrogens (primary N) is 1. The van der Waals surface area contributed by atoms with Gasteiger partial charge in [0, 0.05) is 18.7 Å². The standard InChI is InChI=1S/C12H15ClN4O3S/c1-8(5-9-3-2-4-20-9)17-21(18,19)10-6-11(13)12(16-14)15-7-10/h2-4,6-8,17H,5,14H2,1H3,(H,15,16). The largest absolute Gasteiger partial charge is 0.469 e. The highest BCUT2D eigenvalue weighted by Crippen LogP contribution is 2.21. The van der Waals surface area contributed by atoms with Gasteiger partial charge in [-0.3, -0.25) is 0 Å². The number of nitrogens with one attached hydrogen (secondary N) is 2. The van der Waals surface area contributed by atoms with Gasteiger partial charge in [0.15, 0.2) is 5.82 Å². The van der Waals surface area contributed by atoms with Crippen molar-refractivity contribution < 1.29 is 12.8 Å². The number of hydrogen-bond donors (Lipinski definition) is 3. The molecule has 2 aromatic heterocycles. The van der Waals surface area contributed by atoms with E-state index in [0.717, 1.165) is 0 Å². The van der Waals surface area contributed by atoms with E-state index in [1.165, 1.54) is 12.3 Å². The van der Waals surface area contributed by atoms with Gasteiger partial charge in [0.1, 0.15) is 10.7 Å². The average Bonchev–Trinajstić information content (AvgIpc) is 2.90. The van der Waals surface area contributed by atoms with E-state index in [1.54, 1.807) is 25.3 Å². The van der Waals surface area contributed by atoms with Crippen molar-refractivity contribution in [2.24, 2.45) is 5.84 Å². The van der Waals surface area contributed by atoms with Gasteiger partial charge in [0.2, 0.25) is 10.0 Å². The van der Waals surface area contributed by atoms with Crippen LogP contribution in [0.1, 0.15) is 12.7 Å². The second kappa shape index (κ2) is 6.44. The molecule has 2 heterocycles. The summed E-state index contributed by atoms with van der Waals surface area (Å²) in [6, 6.07) is 4.47. The first-order valence-corrected chi connectivity index (χ1v) is 7.95. The first kappa shape index (κ1) is 15.8. The predicted molar refractivity (Wildman–Crippen MR) is 79.3 cm³/mol. The highest BCUT2D eigenvalue weighted by molar-refractivity contribution is 7.89. The molecule has 0 saturated carbocycles. The first-order valence-electron chi connectivity index (χ1n) is 6.09. The Hall–Kier alpha value is -1.61. The number of aromatic nitrogens is 1. The number of nitrogens with zero attached hydrogens (tertiary/aromatic N) is 1. The lowest BCUT2D eigenvalue weighted by atomic mass is 10.2. The first-order chi connectivity index (χ1) is 9.92. The van der Waals surface area contributed by atoms with Crippen molar-refractivity contribution in [1.82, 2.24) is 9.71 Å². The molecule has 0 aliphatic heterocycles. The molecule has 0 aliphatic rings. The topological polar surface area (TPSA) is 110 Å². The Labute approximate surface area is 127 Å². The number of furan rings is 1. The number of sulfonamides is 1. The Bertz CT molecular complexity index is 703. The van der Waals surface area contributed by atoms with Crippen LogP contribution < -0.4 is 16.0 Å². The third-order valence-corrected chi connectivity index (χ3v) is 4.55. The van der Waals surface area contributed by atoms with Gasteiger partial charge in [0.05, 0.1) is 11.3 Å². The summed E-state index contributed by atoms with van der Waals surface area (Å²) in [7, 11) is -3.72. The molecular formula is C12H15ClN4O3S. The molecule has 9 heteroatoms. The SMILES string of the molecule is CC(Cc1ccco1)NS(=O)(=O)c1cnc(NN)c(Cl)c1. The van der Waals surface area contributed by atoms with Gasteiger partial charge in [-0.25, -0.2) is 24.0 Å². The highest BCUT2D eigenvalue weighted by atomic mass is 35.5. The number of rotatable bonds is 6. The minimum absolute atomic E-state index is 0.0298. The van der Waals surface area contributed by atoms with E-state index in [-0.39, 0.29) is 21.8 Å². The van der Waals surface area contributed by atoms with Crippen LogP contribution in [0, 0.1) is 0 Å². The van der Waals surface area contributed by atoms with Crippen LogP contribution in [0.25, 0.3) is 0 Å².